The highest BCUT2D eigenvalue weighted by atomic mass is 19.4. The van der Waals surface area contributed by atoms with Crippen LogP contribution < -0.4 is 5.32 Å². The molecule has 0 spiro atoms. The van der Waals surface area contributed by atoms with Crippen molar-refractivity contribution in [3.63, 3.8) is 0 Å². The Morgan fingerprint density at radius 3 is 2.50 bits per heavy atom. The second-order valence-corrected chi connectivity index (χ2v) is 8.66. The molecule has 0 aromatic heterocycles. The van der Waals surface area contributed by atoms with Crippen LogP contribution in [0.5, 0.6) is 0 Å². The first-order valence-corrected chi connectivity index (χ1v) is 9.45. The Hall–Kier alpha value is -0.940. The number of alkyl halides is 3. The van der Waals surface area contributed by atoms with Crippen molar-refractivity contribution in [2.24, 2.45) is 0 Å². The molecule has 3 saturated heterocycles. The molecule has 1 N–H and O–H groups in total. The number of nitrogens with one attached hydrogen (secondary N) is 1. The van der Waals surface area contributed by atoms with Crippen molar-refractivity contribution in [2.75, 3.05) is 13.2 Å². The van der Waals surface area contributed by atoms with Gasteiger partial charge in [0.25, 0.3) is 0 Å². The molecule has 3 rings (SSSR count). The van der Waals surface area contributed by atoms with Crippen LogP contribution in [-0.2, 0) is 28.5 Å². The third-order valence-electron chi connectivity index (χ3n) is 5.11. The summed E-state index contributed by atoms with van der Waals surface area (Å²) in [6.45, 7) is 9.86. The van der Waals surface area contributed by atoms with E-state index in [9.17, 15) is 18.0 Å². The first kappa shape index (κ1) is 21.8. The Bertz CT molecular complexity index is 611. The molecule has 7 nitrogen and oxygen atoms in total. The van der Waals surface area contributed by atoms with Gasteiger partial charge < -0.3 is 29.0 Å². The van der Waals surface area contributed by atoms with Crippen LogP contribution in [0.3, 0.4) is 0 Å². The van der Waals surface area contributed by atoms with Crippen molar-refractivity contribution in [1.82, 2.24) is 5.32 Å². The molecule has 3 aliphatic heterocycles. The predicted molar refractivity (Wildman–Crippen MR) is 90.3 cm³/mol. The number of carbonyl (C=O) groups excluding carboxylic acids is 1. The van der Waals surface area contributed by atoms with Gasteiger partial charge in [-0.25, -0.2) is 0 Å². The van der Waals surface area contributed by atoms with Gasteiger partial charge in [0.2, 0.25) is 0 Å². The molecule has 1 amide bonds. The minimum atomic E-state index is -5.02. The number of carbonyl (C=O) groups is 1. The fourth-order valence-corrected chi connectivity index (χ4v) is 4.19. The summed E-state index contributed by atoms with van der Waals surface area (Å²) in [6.07, 6.45) is -6.40. The molecule has 3 heterocycles. The van der Waals surface area contributed by atoms with Crippen LogP contribution in [0.4, 0.5) is 13.2 Å². The van der Waals surface area contributed by atoms with E-state index < -0.39 is 53.6 Å². The number of halogens is 3. The molecule has 2 bridgehead atoms. The van der Waals surface area contributed by atoms with Crippen LogP contribution in [0.25, 0.3) is 0 Å². The van der Waals surface area contributed by atoms with Crippen LogP contribution in [0, 0.1) is 0 Å². The van der Waals surface area contributed by atoms with E-state index >= 15 is 0 Å². The molecule has 0 radical (unpaired) electrons. The van der Waals surface area contributed by atoms with E-state index in [-0.39, 0.29) is 6.61 Å². The lowest BCUT2D eigenvalue weighted by Crippen LogP contribution is -2.66. The average Bonchev–Trinajstić information content (AvgIpc) is 3.08. The molecule has 5 atom stereocenters. The Labute approximate surface area is 162 Å². The van der Waals surface area contributed by atoms with Crippen LogP contribution in [0.2, 0.25) is 0 Å². The van der Waals surface area contributed by atoms with Gasteiger partial charge in [0, 0.05) is 13.0 Å². The lowest BCUT2D eigenvalue weighted by atomic mass is 9.80. The summed E-state index contributed by atoms with van der Waals surface area (Å²) in [6, 6.07) is -1.14. The van der Waals surface area contributed by atoms with Gasteiger partial charge in [-0.15, -0.1) is 0 Å². The largest absolute Gasteiger partial charge is 0.471 e. The Morgan fingerprint density at radius 2 is 1.89 bits per heavy atom. The third-order valence-corrected chi connectivity index (χ3v) is 5.11. The normalized spacial score (nSPS) is 37.0. The minimum absolute atomic E-state index is 0.107. The maximum Gasteiger partial charge on any atom is 0.471 e. The number of hydrogen-bond acceptors (Lipinski definition) is 6. The number of ether oxygens (including phenoxy) is 5. The maximum absolute atomic E-state index is 12.8. The molecule has 0 aromatic rings. The summed E-state index contributed by atoms with van der Waals surface area (Å²) in [7, 11) is 0. The molecule has 0 unspecified atom stereocenters. The summed E-state index contributed by atoms with van der Waals surface area (Å²) in [5.41, 5.74) is -1.52. The minimum Gasteiger partial charge on any atom is -0.375 e. The van der Waals surface area contributed by atoms with Crippen LogP contribution in [0.15, 0.2) is 0 Å². The van der Waals surface area contributed by atoms with Gasteiger partial charge >= 0.3 is 12.1 Å². The number of fused-ring (bicyclic) bond motifs is 4. The van der Waals surface area contributed by atoms with Crippen LogP contribution >= 0.6 is 0 Å². The van der Waals surface area contributed by atoms with E-state index in [2.05, 4.69) is 0 Å². The average molecular weight is 411 g/mol. The van der Waals surface area contributed by atoms with Crippen molar-refractivity contribution in [3.05, 3.63) is 0 Å². The highest BCUT2D eigenvalue weighted by Gasteiger charge is 2.67. The van der Waals surface area contributed by atoms with Crippen LogP contribution in [-0.4, -0.2) is 66.8 Å². The van der Waals surface area contributed by atoms with Gasteiger partial charge in [-0.3, -0.25) is 4.79 Å². The van der Waals surface area contributed by atoms with Crippen molar-refractivity contribution < 1.29 is 41.7 Å². The summed E-state index contributed by atoms with van der Waals surface area (Å²) in [5, 5.41) is 1.96. The van der Waals surface area contributed by atoms with E-state index in [1.165, 1.54) is 0 Å². The van der Waals surface area contributed by atoms with Crippen molar-refractivity contribution >= 4 is 5.91 Å². The fourth-order valence-electron chi connectivity index (χ4n) is 4.19. The Balaban J connectivity index is 1.85. The van der Waals surface area contributed by atoms with E-state index in [1.807, 2.05) is 26.1 Å². The molecule has 3 fully saturated rings. The summed E-state index contributed by atoms with van der Waals surface area (Å²) >= 11 is 0. The summed E-state index contributed by atoms with van der Waals surface area (Å²) in [4.78, 5) is 11.5. The summed E-state index contributed by atoms with van der Waals surface area (Å²) < 4.78 is 67.8. The number of hydrogen-bond donors (Lipinski definition) is 1. The molecule has 0 aromatic carbocycles. The van der Waals surface area contributed by atoms with E-state index in [4.69, 9.17) is 23.7 Å². The zero-order valence-electron chi connectivity index (χ0n) is 16.7. The molecule has 10 heteroatoms. The predicted octanol–water partition coefficient (Wildman–Crippen LogP) is 2.27. The second kappa shape index (κ2) is 7.09. The van der Waals surface area contributed by atoms with E-state index in [0.29, 0.717) is 13.0 Å². The first-order valence-electron chi connectivity index (χ1n) is 9.45. The third kappa shape index (κ3) is 4.16. The second-order valence-electron chi connectivity index (χ2n) is 8.66. The van der Waals surface area contributed by atoms with E-state index in [0.717, 1.165) is 6.42 Å². The van der Waals surface area contributed by atoms with Gasteiger partial charge in [0.1, 0.15) is 23.9 Å². The highest BCUT2D eigenvalue weighted by Crippen LogP contribution is 2.49. The zero-order valence-corrected chi connectivity index (χ0v) is 16.7. The Kier molecular flexibility index (Phi) is 5.51. The lowest BCUT2D eigenvalue weighted by molar-refractivity contribution is -0.218. The van der Waals surface area contributed by atoms with Crippen molar-refractivity contribution in [3.8, 4) is 0 Å². The smallest absolute Gasteiger partial charge is 0.375 e. The van der Waals surface area contributed by atoms with E-state index in [1.54, 1.807) is 13.8 Å². The monoisotopic (exact) mass is 411 g/mol. The molecule has 0 saturated carbocycles. The van der Waals surface area contributed by atoms with Crippen molar-refractivity contribution in [2.45, 2.75) is 95.2 Å². The van der Waals surface area contributed by atoms with Gasteiger partial charge in [-0.05, 0) is 34.1 Å². The molecule has 0 aliphatic carbocycles. The molecule has 28 heavy (non-hydrogen) atoms. The quantitative estimate of drug-likeness (QED) is 0.723. The molecular weight excluding hydrogens is 383 g/mol. The summed E-state index contributed by atoms with van der Waals surface area (Å²) in [5.74, 6) is -3.10. The van der Waals surface area contributed by atoms with Crippen LogP contribution in [0.1, 0.15) is 47.5 Å². The van der Waals surface area contributed by atoms with Gasteiger partial charge in [0.05, 0.1) is 12.2 Å². The van der Waals surface area contributed by atoms with Gasteiger partial charge in [0.15, 0.2) is 12.1 Å². The zero-order chi connectivity index (χ0) is 21.0. The highest BCUT2D eigenvalue weighted by molar-refractivity contribution is 5.82. The number of amides is 1. The van der Waals surface area contributed by atoms with Gasteiger partial charge in [-0.2, -0.15) is 13.2 Å². The SMILES string of the molecule is CCCOC(C)(C)C[C@@]12CO[C@@H](O1)[C@H](NC(=O)C(F)(F)F)[C@H]1OC(C)(C)O[C@H]12. The fraction of sp³-hybridized carbons (Fsp3) is 0.944. The standard InChI is InChI=1S/C18H28F3NO6/c1-6-7-25-15(2,3)8-17-9-24-13(28-17)10(22-14(23)18(19,20)21)11-12(17)27-16(4,5)26-11/h10-13H,6-9H2,1-5H3,(H,22,23)/t10-,11-,12-,13+,17+/m1/s1. The van der Waals surface area contributed by atoms with Gasteiger partial charge in [-0.1, -0.05) is 6.92 Å². The maximum atomic E-state index is 12.8. The Morgan fingerprint density at radius 1 is 1.21 bits per heavy atom. The molecular formula is C18H28F3NO6. The first-order chi connectivity index (χ1) is 12.8. The van der Waals surface area contributed by atoms with Crippen molar-refractivity contribution in [1.29, 1.82) is 0 Å². The topological polar surface area (TPSA) is 75.2 Å². The molecule has 162 valence electrons. The molecule has 3 aliphatic rings. The lowest BCUT2D eigenvalue weighted by Gasteiger charge is -2.45. The number of rotatable bonds is 6.